The molecule has 0 saturated heterocycles. The zero-order chi connectivity index (χ0) is 26.5. The quantitative estimate of drug-likeness (QED) is 0.236. The molecule has 12 heteroatoms. The minimum Gasteiger partial charge on any atom is -0.505 e. The van der Waals surface area contributed by atoms with Gasteiger partial charge in [0.2, 0.25) is 0 Å². The van der Waals surface area contributed by atoms with Crippen LogP contribution in [0, 0.1) is 0 Å². The summed E-state index contributed by atoms with van der Waals surface area (Å²) in [6, 6.07) is 12.1. The Kier molecular flexibility index (Phi) is 7.77. The molecule has 4 N–H and O–H groups in total. The minimum absolute atomic E-state index is 0.0554. The number of allylic oxidation sites excluding steroid dienone is 1. The van der Waals surface area contributed by atoms with Gasteiger partial charge in [0.25, 0.3) is 5.91 Å². The van der Waals surface area contributed by atoms with E-state index in [1.165, 1.54) is 12.1 Å². The number of amides is 1. The van der Waals surface area contributed by atoms with Gasteiger partial charge >= 0.3 is 12.1 Å². The summed E-state index contributed by atoms with van der Waals surface area (Å²) in [5.41, 5.74) is 5.05. The lowest BCUT2D eigenvalue weighted by Gasteiger charge is -2.12. The number of aromatic carboxylic acids is 1. The van der Waals surface area contributed by atoms with E-state index in [4.69, 9.17) is 10.2 Å². The van der Waals surface area contributed by atoms with Crippen LogP contribution in [0.5, 0.6) is 0 Å². The first-order valence-corrected chi connectivity index (χ1v) is 10.5. The Morgan fingerprint density at radius 2 is 1.86 bits per heavy atom. The molecule has 3 aromatic rings. The number of hydrogen-bond donors (Lipinski definition) is 4. The van der Waals surface area contributed by atoms with E-state index in [9.17, 15) is 22.8 Å². The number of alkyl halides is 3. The summed E-state index contributed by atoms with van der Waals surface area (Å²) in [4.78, 5) is 30.6. The number of aromatic amines is 1. The molecule has 36 heavy (non-hydrogen) atoms. The fourth-order valence-electron chi connectivity index (χ4n) is 3.17. The van der Waals surface area contributed by atoms with Gasteiger partial charge in [0.1, 0.15) is 0 Å². The number of pyridine rings is 1. The molecule has 0 aliphatic carbocycles. The van der Waals surface area contributed by atoms with Crippen molar-refractivity contribution < 1.29 is 33.0 Å². The summed E-state index contributed by atoms with van der Waals surface area (Å²) >= 11 is 0. The molecule has 1 aliphatic rings. The Morgan fingerprint density at radius 1 is 1.19 bits per heavy atom. The number of H-pyrrole nitrogens is 1. The maximum Gasteiger partial charge on any atom is 0.448 e. The lowest BCUT2D eigenvalue weighted by Crippen LogP contribution is -2.31. The lowest BCUT2D eigenvalue weighted by molar-refractivity contribution is -0.119. The van der Waals surface area contributed by atoms with Gasteiger partial charge in [-0.2, -0.15) is 18.3 Å². The van der Waals surface area contributed by atoms with Gasteiger partial charge in [-0.15, -0.1) is 0 Å². The average molecular weight is 501 g/mol. The van der Waals surface area contributed by atoms with Crippen molar-refractivity contribution in [2.45, 2.75) is 12.6 Å². The van der Waals surface area contributed by atoms with E-state index >= 15 is 0 Å². The van der Waals surface area contributed by atoms with Gasteiger partial charge in [-0.05, 0) is 42.5 Å². The van der Waals surface area contributed by atoms with Crippen LogP contribution in [0.2, 0.25) is 0 Å². The largest absolute Gasteiger partial charge is 0.505 e. The molecule has 1 aromatic carbocycles. The summed E-state index contributed by atoms with van der Waals surface area (Å²) < 4.78 is 32.5. The predicted octanol–water partition coefficient (Wildman–Crippen LogP) is 4.15. The van der Waals surface area contributed by atoms with E-state index in [2.05, 4.69) is 27.0 Å². The van der Waals surface area contributed by atoms with Crippen molar-refractivity contribution in [3.05, 3.63) is 83.5 Å². The number of rotatable bonds is 5. The third-order valence-electron chi connectivity index (χ3n) is 5.07. The number of halogens is 3. The van der Waals surface area contributed by atoms with Crippen LogP contribution in [0.25, 0.3) is 11.3 Å². The zero-order valence-corrected chi connectivity index (χ0v) is 19.0. The molecule has 0 fully saturated rings. The van der Waals surface area contributed by atoms with Crippen molar-refractivity contribution in [3.8, 4) is 11.3 Å². The smallest absolute Gasteiger partial charge is 0.448 e. The number of fused-ring (bicyclic) bond motifs is 1. The molecular formula is C24H22F3N5O4. The molecule has 9 nitrogen and oxygen atoms in total. The van der Waals surface area contributed by atoms with Gasteiger partial charge in [-0.25, -0.2) is 4.79 Å². The highest BCUT2D eigenvalue weighted by Crippen LogP contribution is 2.24. The van der Waals surface area contributed by atoms with Gasteiger partial charge in [-0.1, -0.05) is 6.58 Å². The Bertz CT molecular complexity index is 1300. The van der Waals surface area contributed by atoms with Gasteiger partial charge < -0.3 is 20.5 Å². The molecule has 188 valence electrons. The van der Waals surface area contributed by atoms with Crippen molar-refractivity contribution in [1.29, 1.82) is 0 Å². The molecule has 0 bridgehead atoms. The standard InChI is InChI=1S/C21H19N5O3.C3H3F3O/c1-26(16-4-2-13(3-5-16)21(28)29)24-12-15-10-14(6-8-22-15)19-11-17-18(25-19)7-9-23-20(17)27;1-2(7)3(4,5)6/h2-6,8,10-12,25H,7,9H2,1H3,(H,23,27)(H,28,29);7H,1H2/b24-12-;. The number of benzene rings is 1. The highest BCUT2D eigenvalue weighted by molar-refractivity contribution is 5.98. The first kappa shape index (κ1) is 26.0. The lowest BCUT2D eigenvalue weighted by atomic mass is 10.1. The molecule has 4 rings (SSSR count). The van der Waals surface area contributed by atoms with Crippen LogP contribution in [0.4, 0.5) is 18.9 Å². The van der Waals surface area contributed by atoms with Crippen LogP contribution < -0.4 is 10.3 Å². The van der Waals surface area contributed by atoms with Gasteiger partial charge in [-0.3, -0.25) is 14.8 Å². The van der Waals surface area contributed by atoms with Crippen molar-refractivity contribution in [2.24, 2.45) is 5.10 Å². The number of aliphatic hydroxyl groups excluding tert-OH is 1. The molecule has 0 atom stereocenters. The van der Waals surface area contributed by atoms with Crippen LogP contribution in [0.1, 0.15) is 32.1 Å². The Morgan fingerprint density at radius 3 is 2.44 bits per heavy atom. The van der Waals surface area contributed by atoms with Crippen LogP contribution in [0.15, 0.2) is 66.1 Å². The number of aliphatic hydroxyl groups is 1. The number of hydrogen-bond acceptors (Lipinski definition) is 6. The van der Waals surface area contributed by atoms with Crippen molar-refractivity contribution in [1.82, 2.24) is 15.3 Å². The minimum atomic E-state index is -4.64. The number of carbonyl (C=O) groups excluding carboxylic acids is 1. The molecule has 1 aliphatic heterocycles. The molecule has 1 amide bonds. The van der Waals surface area contributed by atoms with E-state index < -0.39 is 17.9 Å². The molecule has 0 radical (unpaired) electrons. The van der Waals surface area contributed by atoms with E-state index in [0.717, 1.165) is 29.1 Å². The Labute approximate surface area is 203 Å². The van der Waals surface area contributed by atoms with Crippen LogP contribution >= 0.6 is 0 Å². The summed E-state index contributed by atoms with van der Waals surface area (Å²) in [5, 5.41) is 25.4. The fraction of sp³-hybridized carbons (Fsp3) is 0.167. The Balaban J connectivity index is 0.000000454. The average Bonchev–Trinajstić information content (AvgIpc) is 3.28. The second-order valence-electron chi connectivity index (χ2n) is 7.62. The molecular weight excluding hydrogens is 479 g/mol. The van der Waals surface area contributed by atoms with E-state index in [1.54, 1.807) is 36.6 Å². The highest BCUT2D eigenvalue weighted by Gasteiger charge is 2.31. The number of carbonyl (C=O) groups is 2. The first-order chi connectivity index (χ1) is 17.0. The fourth-order valence-corrected chi connectivity index (χ4v) is 3.17. The first-order valence-electron chi connectivity index (χ1n) is 10.5. The van der Waals surface area contributed by atoms with Crippen molar-refractivity contribution in [3.63, 3.8) is 0 Å². The number of carboxylic acids is 1. The maximum atomic E-state index is 12.0. The molecule has 0 spiro atoms. The summed E-state index contributed by atoms with van der Waals surface area (Å²) in [7, 11) is 1.77. The monoisotopic (exact) mass is 501 g/mol. The molecule has 0 saturated carbocycles. The highest BCUT2D eigenvalue weighted by atomic mass is 19.4. The molecule has 0 unspecified atom stereocenters. The van der Waals surface area contributed by atoms with Gasteiger partial charge in [0, 0.05) is 43.2 Å². The van der Waals surface area contributed by atoms with E-state index in [0.29, 0.717) is 17.8 Å². The second kappa shape index (κ2) is 10.8. The number of nitrogens with zero attached hydrogens (tertiary/aromatic N) is 3. The normalized spacial score (nSPS) is 12.8. The third kappa shape index (κ3) is 6.50. The van der Waals surface area contributed by atoms with Gasteiger partial charge in [0.05, 0.1) is 28.7 Å². The third-order valence-corrected chi connectivity index (χ3v) is 5.07. The van der Waals surface area contributed by atoms with Crippen LogP contribution in [-0.4, -0.2) is 58.0 Å². The number of carboxylic acid groups (broad SMARTS) is 1. The second-order valence-corrected chi connectivity index (χ2v) is 7.62. The Hall–Kier alpha value is -4.61. The number of aromatic nitrogens is 2. The van der Waals surface area contributed by atoms with E-state index in [1.807, 2.05) is 18.2 Å². The topological polar surface area (TPSA) is 131 Å². The van der Waals surface area contributed by atoms with Crippen molar-refractivity contribution in [2.75, 3.05) is 18.6 Å². The number of nitrogens with one attached hydrogen (secondary N) is 2. The summed E-state index contributed by atoms with van der Waals surface area (Å²) in [6.07, 6.45) is -0.533. The maximum absolute atomic E-state index is 12.0. The molecule has 2 aromatic heterocycles. The number of hydrazone groups is 1. The van der Waals surface area contributed by atoms with Crippen LogP contribution in [-0.2, 0) is 6.42 Å². The van der Waals surface area contributed by atoms with Crippen molar-refractivity contribution >= 4 is 23.8 Å². The summed E-state index contributed by atoms with van der Waals surface area (Å²) in [6.45, 7) is 2.90. The van der Waals surface area contributed by atoms with E-state index in [-0.39, 0.29) is 11.5 Å². The molecule has 3 heterocycles. The van der Waals surface area contributed by atoms with Gasteiger partial charge in [0.15, 0.2) is 5.76 Å². The predicted molar refractivity (Wildman–Crippen MR) is 127 cm³/mol. The summed E-state index contributed by atoms with van der Waals surface area (Å²) in [5.74, 6) is -2.78. The number of anilines is 1. The zero-order valence-electron chi connectivity index (χ0n) is 19.0. The van der Waals surface area contributed by atoms with Crippen LogP contribution in [0.3, 0.4) is 0 Å². The SMILES string of the molecule is C=C(O)C(F)(F)F.CN(/N=C\c1cc(-c2cc3c([nH]2)CCNC3=O)ccn1)c1ccc(C(=O)O)cc1.